The molecule has 1 rings (SSSR count). The van der Waals surface area contributed by atoms with E-state index in [-0.39, 0.29) is 12.0 Å². The summed E-state index contributed by atoms with van der Waals surface area (Å²) in [5.41, 5.74) is 0.203. The molecule has 0 bridgehead atoms. The van der Waals surface area contributed by atoms with E-state index in [9.17, 15) is 0 Å². The summed E-state index contributed by atoms with van der Waals surface area (Å²) >= 11 is 0. The van der Waals surface area contributed by atoms with E-state index >= 15 is 0 Å². The number of nitrogens with zero attached hydrogens (tertiary/aromatic N) is 1. The van der Waals surface area contributed by atoms with Crippen molar-refractivity contribution >= 4 is 0 Å². The summed E-state index contributed by atoms with van der Waals surface area (Å²) in [5, 5.41) is 12.7. The third kappa shape index (κ3) is 5.36. The number of piperidine rings is 1. The van der Waals surface area contributed by atoms with E-state index in [0.29, 0.717) is 6.04 Å². The molecule has 3 nitrogen and oxygen atoms in total. The average Bonchev–Trinajstić information content (AvgIpc) is 2.27. The van der Waals surface area contributed by atoms with E-state index in [0.717, 1.165) is 18.9 Å². The second-order valence-electron chi connectivity index (χ2n) is 6.45. The number of hydrogen-bond acceptors (Lipinski definition) is 3. The molecule has 2 N–H and O–H groups in total. The Labute approximate surface area is 107 Å². The predicted molar refractivity (Wildman–Crippen MR) is 73.2 cm³/mol. The van der Waals surface area contributed by atoms with Crippen LogP contribution in [0, 0.1) is 11.3 Å². The molecule has 0 amide bonds. The highest BCUT2D eigenvalue weighted by molar-refractivity contribution is 4.81. The van der Waals surface area contributed by atoms with Crippen molar-refractivity contribution in [1.29, 1.82) is 0 Å². The van der Waals surface area contributed by atoms with Gasteiger partial charge < -0.3 is 15.3 Å². The molecule has 1 unspecified atom stereocenters. The molecule has 0 aromatic heterocycles. The molecular formula is C14H30N2O. The molecule has 1 aliphatic rings. The number of likely N-dealkylation sites (tertiary alicyclic amines) is 1. The minimum absolute atomic E-state index is 0.203. The van der Waals surface area contributed by atoms with Crippen molar-refractivity contribution in [1.82, 2.24) is 10.2 Å². The molecule has 0 radical (unpaired) electrons. The van der Waals surface area contributed by atoms with Crippen LogP contribution in [0.5, 0.6) is 0 Å². The van der Waals surface area contributed by atoms with Crippen LogP contribution in [0.3, 0.4) is 0 Å². The molecule has 17 heavy (non-hydrogen) atoms. The van der Waals surface area contributed by atoms with Gasteiger partial charge in [-0.3, -0.25) is 0 Å². The van der Waals surface area contributed by atoms with Crippen LogP contribution in [0.25, 0.3) is 0 Å². The molecule has 102 valence electrons. The monoisotopic (exact) mass is 242 g/mol. The maximum Gasteiger partial charge on any atom is 0.0436 e. The van der Waals surface area contributed by atoms with Gasteiger partial charge in [-0.05, 0) is 57.7 Å². The SMILES string of the molecule is CC(NCC(C)(C)CCO)C1CCN(C)CC1. The van der Waals surface area contributed by atoms with E-state index < -0.39 is 0 Å². The van der Waals surface area contributed by atoms with Gasteiger partial charge in [-0.25, -0.2) is 0 Å². The van der Waals surface area contributed by atoms with Crippen molar-refractivity contribution in [2.24, 2.45) is 11.3 Å². The van der Waals surface area contributed by atoms with Gasteiger partial charge in [0.1, 0.15) is 0 Å². The molecule has 0 aromatic carbocycles. The summed E-state index contributed by atoms with van der Waals surface area (Å²) in [4.78, 5) is 2.42. The molecular weight excluding hydrogens is 212 g/mol. The van der Waals surface area contributed by atoms with Gasteiger partial charge in [0.2, 0.25) is 0 Å². The molecule has 0 saturated carbocycles. The standard InChI is InChI=1S/C14H30N2O/c1-12(13-5-8-16(4)9-6-13)15-11-14(2,3)7-10-17/h12-13,15,17H,5-11H2,1-4H3. The quantitative estimate of drug-likeness (QED) is 0.744. The average molecular weight is 242 g/mol. The van der Waals surface area contributed by atoms with Gasteiger partial charge in [0.05, 0.1) is 0 Å². The number of rotatable bonds is 6. The van der Waals surface area contributed by atoms with E-state index in [1.165, 1.54) is 25.9 Å². The van der Waals surface area contributed by atoms with Crippen molar-refractivity contribution in [3.8, 4) is 0 Å². The van der Waals surface area contributed by atoms with Crippen LogP contribution in [0.4, 0.5) is 0 Å². The number of aliphatic hydroxyl groups is 1. The maximum atomic E-state index is 9.01. The maximum absolute atomic E-state index is 9.01. The number of hydrogen-bond donors (Lipinski definition) is 2. The van der Waals surface area contributed by atoms with Crippen molar-refractivity contribution in [2.45, 2.75) is 46.1 Å². The Balaban J connectivity index is 2.27. The Hall–Kier alpha value is -0.120. The van der Waals surface area contributed by atoms with Crippen LogP contribution in [0.15, 0.2) is 0 Å². The van der Waals surface area contributed by atoms with Gasteiger partial charge in [0, 0.05) is 19.2 Å². The molecule has 3 heteroatoms. The van der Waals surface area contributed by atoms with Gasteiger partial charge in [0.25, 0.3) is 0 Å². The molecule has 1 aliphatic heterocycles. The summed E-state index contributed by atoms with van der Waals surface area (Å²) < 4.78 is 0. The van der Waals surface area contributed by atoms with Gasteiger partial charge in [-0.15, -0.1) is 0 Å². The lowest BCUT2D eigenvalue weighted by Gasteiger charge is -2.35. The van der Waals surface area contributed by atoms with Crippen molar-refractivity contribution < 1.29 is 5.11 Å². The van der Waals surface area contributed by atoms with Gasteiger partial charge in [-0.2, -0.15) is 0 Å². The number of aliphatic hydroxyl groups excluding tert-OH is 1. The summed E-state index contributed by atoms with van der Waals surface area (Å²) in [5.74, 6) is 0.816. The van der Waals surface area contributed by atoms with Crippen molar-refractivity contribution in [3.05, 3.63) is 0 Å². The summed E-state index contributed by atoms with van der Waals surface area (Å²) in [6, 6.07) is 0.599. The minimum Gasteiger partial charge on any atom is -0.396 e. The second-order valence-corrected chi connectivity index (χ2v) is 6.45. The third-order valence-electron chi connectivity index (χ3n) is 4.16. The van der Waals surface area contributed by atoms with Crippen LogP contribution in [-0.2, 0) is 0 Å². The van der Waals surface area contributed by atoms with Crippen LogP contribution >= 0.6 is 0 Å². The smallest absolute Gasteiger partial charge is 0.0436 e. The number of nitrogens with one attached hydrogen (secondary N) is 1. The van der Waals surface area contributed by atoms with E-state index in [4.69, 9.17) is 5.11 Å². The Morgan fingerprint density at radius 2 is 1.94 bits per heavy atom. The molecule has 0 spiro atoms. The van der Waals surface area contributed by atoms with Crippen molar-refractivity contribution in [2.75, 3.05) is 33.3 Å². The summed E-state index contributed by atoms with van der Waals surface area (Å²) in [6.45, 7) is 10.5. The molecule has 1 heterocycles. The zero-order valence-electron chi connectivity index (χ0n) is 12.0. The fourth-order valence-corrected chi connectivity index (χ4v) is 2.52. The van der Waals surface area contributed by atoms with E-state index in [1.54, 1.807) is 0 Å². The van der Waals surface area contributed by atoms with Crippen molar-refractivity contribution in [3.63, 3.8) is 0 Å². The Bertz CT molecular complexity index is 210. The van der Waals surface area contributed by atoms with Crippen LogP contribution in [0.1, 0.15) is 40.0 Å². The first-order valence-electron chi connectivity index (χ1n) is 6.97. The zero-order valence-corrected chi connectivity index (χ0v) is 12.0. The fourth-order valence-electron chi connectivity index (χ4n) is 2.52. The zero-order chi connectivity index (χ0) is 12.9. The lowest BCUT2D eigenvalue weighted by molar-refractivity contribution is 0.168. The highest BCUT2D eigenvalue weighted by Crippen LogP contribution is 2.22. The lowest BCUT2D eigenvalue weighted by atomic mass is 9.87. The Kier molecular flexibility index (Phi) is 5.90. The third-order valence-corrected chi connectivity index (χ3v) is 4.16. The Morgan fingerprint density at radius 3 is 2.47 bits per heavy atom. The first kappa shape index (κ1) is 14.9. The molecule has 1 atom stereocenters. The fraction of sp³-hybridized carbons (Fsp3) is 1.00. The second kappa shape index (κ2) is 6.72. The van der Waals surface area contributed by atoms with Crippen LogP contribution < -0.4 is 5.32 Å². The van der Waals surface area contributed by atoms with Gasteiger partial charge >= 0.3 is 0 Å². The normalized spacial score (nSPS) is 21.7. The van der Waals surface area contributed by atoms with E-state index in [2.05, 4.69) is 38.0 Å². The molecule has 1 saturated heterocycles. The first-order chi connectivity index (χ1) is 7.94. The lowest BCUT2D eigenvalue weighted by Crippen LogP contribution is -2.43. The van der Waals surface area contributed by atoms with E-state index in [1.807, 2.05) is 0 Å². The minimum atomic E-state index is 0.203. The molecule has 0 aromatic rings. The summed E-state index contributed by atoms with van der Waals surface area (Å²) in [7, 11) is 2.21. The van der Waals surface area contributed by atoms with Gasteiger partial charge in [0.15, 0.2) is 0 Å². The van der Waals surface area contributed by atoms with Gasteiger partial charge in [-0.1, -0.05) is 13.8 Å². The first-order valence-corrected chi connectivity index (χ1v) is 6.97. The highest BCUT2D eigenvalue weighted by atomic mass is 16.3. The summed E-state index contributed by atoms with van der Waals surface area (Å²) in [6.07, 6.45) is 3.50. The van der Waals surface area contributed by atoms with Crippen LogP contribution in [0.2, 0.25) is 0 Å². The predicted octanol–water partition coefficient (Wildman–Crippen LogP) is 1.71. The van der Waals surface area contributed by atoms with Crippen LogP contribution in [-0.4, -0.2) is 49.3 Å². The molecule has 0 aliphatic carbocycles. The largest absolute Gasteiger partial charge is 0.396 e. The topological polar surface area (TPSA) is 35.5 Å². The highest BCUT2D eigenvalue weighted by Gasteiger charge is 2.24. The Morgan fingerprint density at radius 1 is 1.35 bits per heavy atom. The molecule has 1 fully saturated rings.